The zero-order chi connectivity index (χ0) is 10.9. The van der Waals surface area contributed by atoms with E-state index in [9.17, 15) is 8.78 Å². The molecule has 0 aromatic carbocycles. The van der Waals surface area contributed by atoms with Crippen molar-refractivity contribution in [2.24, 2.45) is 0 Å². The number of nitrogens with zero attached hydrogens (tertiary/aromatic N) is 2. The molecule has 0 unspecified atom stereocenters. The molecule has 1 aliphatic rings. The first-order chi connectivity index (χ1) is 7.08. The number of alkyl halides is 2. The van der Waals surface area contributed by atoms with Crippen molar-refractivity contribution in [3.05, 3.63) is 22.8 Å². The van der Waals surface area contributed by atoms with Gasteiger partial charge in [0.1, 0.15) is 5.82 Å². The summed E-state index contributed by atoms with van der Waals surface area (Å²) in [5, 5.41) is 0. The lowest BCUT2D eigenvalue weighted by Gasteiger charge is -2.33. The third-order valence-electron chi connectivity index (χ3n) is 2.43. The van der Waals surface area contributed by atoms with Crippen LogP contribution in [0.25, 0.3) is 0 Å². The van der Waals surface area contributed by atoms with E-state index < -0.39 is 5.92 Å². The Bertz CT molecular complexity index is 357. The second-order valence-corrected chi connectivity index (χ2v) is 4.54. The van der Waals surface area contributed by atoms with Crippen LogP contribution in [0.4, 0.5) is 14.6 Å². The van der Waals surface area contributed by atoms with Gasteiger partial charge in [0.15, 0.2) is 0 Å². The van der Waals surface area contributed by atoms with E-state index in [1.807, 2.05) is 6.07 Å². The highest BCUT2D eigenvalue weighted by Crippen LogP contribution is 2.32. The summed E-state index contributed by atoms with van der Waals surface area (Å²) in [7, 11) is 0. The Kier molecular flexibility index (Phi) is 2.91. The fraction of sp³-hybridized carbons (Fsp3) is 0.500. The van der Waals surface area contributed by atoms with E-state index in [4.69, 9.17) is 0 Å². The molecule has 15 heavy (non-hydrogen) atoms. The van der Waals surface area contributed by atoms with Gasteiger partial charge in [-0.15, -0.1) is 0 Å². The maximum atomic E-state index is 13.2. The molecule has 1 aromatic rings. The molecule has 2 heterocycles. The molecule has 0 amide bonds. The Hall–Kier alpha value is -0.710. The van der Waals surface area contributed by atoms with Gasteiger partial charge in [0.2, 0.25) is 0 Å². The summed E-state index contributed by atoms with van der Waals surface area (Å²) in [5.74, 6) is -1.98. The Morgan fingerprint density at radius 1 is 1.47 bits per heavy atom. The molecule has 2 rings (SSSR count). The van der Waals surface area contributed by atoms with Crippen LogP contribution < -0.4 is 4.90 Å². The summed E-state index contributed by atoms with van der Waals surface area (Å²) in [5.41, 5.74) is 0. The number of piperidine rings is 1. The summed E-state index contributed by atoms with van der Waals surface area (Å²) in [6, 6.07) is 3.59. The molecule has 1 aromatic heterocycles. The zero-order valence-electron chi connectivity index (χ0n) is 8.09. The lowest BCUT2D eigenvalue weighted by Crippen LogP contribution is -2.43. The number of hydrogen-bond donors (Lipinski definition) is 0. The molecular formula is C10H11BrF2N2. The summed E-state index contributed by atoms with van der Waals surface area (Å²) >= 11 is 3.32. The van der Waals surface area contributed by atoms with Gasteiger partial charge in [0, 0.05) is 19.2 Å². The van der Waals surface area contributed by atoms with E-state index in [1.54, 1.807) is 17.2 Å². The number of rotatable bonds is 1. The predicted octanol–water partition coefficient (Wildman–Crippen LogP) is 3.08. The highest BCUT2D eigenvalue weighted by molar-refractivity contribution is 9.10. The normalized spacial score (nSPS) is 20.3. The predicted molar refractivity (Wildman–Crippen MR) is 58.3 cm³/mol. The SMILES string of the molecule is FC1(F)CCCN(c2ncccc2Br)C1. The fourth-order valence-corrected chi connectivity index (χ4v) is 2.26. The lowest BCUT2D eigenvalue weighted by molar-refractivity contribution is -0.0118. The second-order valence-electron chi connectivity index (χ2n) is 3.69. The molecule has 1 aliphatic heterocycles. The number of aromatic nitrogens is 1. The van der Waals surface area contributed by atoms with Crippen molar-refractivity contribution in [2.45, 2.75) is 18.8 Å². The van der Waals surface area contributed by atoms with Crippen molar-refractivity contribution in [1.82, 2.24) is 4.98 Å². The molecule has 2 nitrogen and oxygen atoms in total. The van der Waals surface area contributed by atoms with Crippen LogP contribution >= 0.6 is 15.9 Å². The summed E-state index contributed by atoms with van der Waals surface area (Å²) in [6.07, 6.45) is 2.11. The Morgan fingerprint density at radius 3 is 2.93 bits per heavy atom. The van der Waals surface area contributed by atoms with Crippen molar-refractivity contribution in [1.29, 1.82) is 0 Å². The number of anilines is 1. The first-order valence-corrected chi connectivity index (χ1v) is 5.61. The molecule has 0 atom stereocenters. The lowest BCUT2D eigenvalue weighted by atomic mass is 10.1. The van der Waals surface area contributed by atoms with E-state index in [1.165, 1.54) is 0 Å². The monoisotopic (exact) mass is 276 g/mol. The molecule has 0 bridgehead atoms. The highest BCUT2D eigenvalue weighted by Gasteiger charge is 2.36. The van der Waals surface area contributed by atoms with Crippen LogP contribution in [-0.2, 0) is 0 Å². The van der Waals surface area contributed by atoms with Crippen molar-refractivity contribution >= 4 is 21.7 Å². The Balaban J connectivity index is 2.21. The second kappa shape index (κ2) is 4.04. The van der Waals surface area contributed by atoms with Gasteiger partial charge >= 0.3 is 0 Å². The summed E-state index contributed by atoms with van der Waals surface area (Å²) in [6.45, 7) is 0.411. The van der Waals surface area contributed by atoms with Gasteiger partial charge in [-0.1, -0.05) is 0 Å². The quantitative estimate of drug-likeness (QED) is 0.784. The number of halogens is 3. The molecule has 0 aliphatic carbocycles. The third-order valence-corrected chi connectivity index (χ3v) is 3.05. The molecule has 0 N–H and O–H groups in total. The van der Waals surface area contributed by atoms with Gasteiger partial charge in [-0.05, 0) is 34.5 Å². The first-order valence-electron chi connectivity index (χ1n) is 4.82. The van der Waals surface area contributed by atoms with Crippen LogP contribution in [0.2, 0.25) is 0 Å². The van der Waals surface area contributed by atoms with Crippen molar-refractivity contribution < 1.29 is 8.78 Å². The minimum Gasteiger partial charge on any atom is -0.350 e. The molecule has 0 radical (unpaired) electrons. The van der Waals surface area contributed by atoms with Crippen LogP contribution in [0.5, 0.6) is 0 Å². The van der Waals surface area contributed by atoms with Crippen molar-refractivity contribution in [3.63, 3.8) is 0 Å². The maximum Gasteiger partial charge on any atom is 0.265 e. The minimum atomic E-state index is -2.59. The molecule has 1 saturated heterocycles. The first kappa shape index (κ1) is 10.8. The average Bonchev–Trinajstić information content (AvgIpc) is 2.17. The van der Waals surface area contributed by atoms with Gasteiger partial charge in [-0.25, -0.2) is 13.8 Å². The smallest absolute Gasteiger partial charge is 0.265 e. The third kappa shape index (κ3) is 2.45. The molecule has 0 spiro atoms. The largest absolute Gasteiger partial charge is 0.350 e. The van der Waals surface area contributed by atoms with Gasteiger partial charge in [0.05, 0.1) is 11.0 Å². The number of hydrogen-bond acceptors (Lipinski definition) is 2. The standard InChI is InChI=1S/C10H11BrF2N2/c11-8-3-1-5-14-9(8)15-6-2-4-10(12,13)7-15/h1,3,5H,2,4,6-7H2. The van der Waals surface area contributed by atoms with E-state index in [0.717, 1.165) is 4.47 Å². The van der Waals surface area contributed by atoms with E-state index in [2.05, 4.69) is 20.9 Å². The van der Waals surface area contributed by atoms with E-state index in [0.29, 0.717) is 18.8 Å². The minimum absolute atomic E-state index is 0.0199. The average molecular weight is 277 g/mol. The zero-order valence-corrected chi connectivity index (χ0v) is 9.67. The fourth-order valence-electron chi connectivity index (χ4n) is 1.76. The van der Waals surface area contributed by atoms with Crippen molar-refractivity contribution in [2.75, 3.05) is 18.0 Å². The summed E-state index contributed by atoms with van der Waals surface area (Å²) in [4.78, 5) is 5.75. The van der Waals surface area contributed by atoms with Gasteiger partial charge < -0.3 is 4.90 Å². The molecule has 82 valence electrons. The van der Waals surface area contributed by atoms with Crippen LogP contribution in [0.3, 0.4) is 0 Å². The van der Waals surface area contributed by atoms with Gasteiger partial charge in [0.25, 0.3) is 5.92 Å². The van der Waals surface area contributed by atoms with Gasteiger partial charge in [-0.3, -0.25) is 0 Å². The molecule has 5 heteroatoms. The van der Waals surface area contributed by atoms with Crippen LogP contribution in [0.15, 0.2) is 22.8 Å². The Labute approximate surface area is 95.4 Å². The van der Waals surface area contributed by atoms with Crippen LogP contribution in [-0.4, -0.2) is 24.0 Å². The highest BCUT2D eigenvalue weighted by atomic mass is 79.9. The van der Waals surface area contributed by atoms with Crippen LogP contribution in [0.1, 0.15) is 12.8 Å². The van der Waals surface area contributed by atoms with E-state index in [-0.39, 0.29) is 13.0 Å². The molecular weight excluding hydrogens is 266 g/mol. The molecule has 0 saturated carbocycles. The summed E-state index contributed by atoms with van der Waals surface area (Å²) < 4.78 is 27.1. The topological polar surface area (TPSA) is 16.1 Å². The molecule has 1 fully saturated rings. The van der Waals surface area contributed by atoms with Crippen molar-refractivity contribution in [3.8, 4) is 0 Å². The number of pyridine rings is 1. The Morgan fingerprint density at radius 2 is 2.27 bits per heavy atom. The maximum absolute atomic E-state index is 13.2. The van der Waals surface area contributed by atoms with E-state index >= 15 is 0 Å². The van der Waals surface area contributed by atoms with Gasteiger partial charge in [-0.2, -0.15) is 0 Å². The van der Waals surface area contributed by atoms with Crippen LogP contribution in [0, 0.1) is 0 Å².